The summed E-state index contributed by atoms with van der Waals surface area (Å²) in [6.07, 6.45) is 4.62. The summed E-state index contributed by atoms with van der Waals surface area (Å²) < 4.78 is 25.3. The van der Waals surface area contributed by atoms with Crippen molar-refractivity contribution in [2.75, 3.05) is 22.9 Å². The summed E-state index contributed by atoms with van der Waals surface area (Å²) in [5.41, 5.74) is 8.00. The number of hydrogen-bond donors (Lipinski definition) is 2. The zero-order chi connectivity index (χ0) is 19.1. The maximum Gasteiger partial charge on any atom is 0.252 e. The lowest BCUT2D eigenvalue weighted by atomic mass is 10.1. The molecule has 1 amide bonds. The van der Waals surface area contributed by atoms with E-state index in [-0.39, 0.29) is 10.7 Å². The Morgan fingerprint density at radius 1 is 1.31 bits per heavy atom. The minimum absolute atomic E-state index is 0.161. The molecule has 1 aromatic heterocycles. The second kappa shape index (κ2) is 6.77. The second-order valence-electron chi connectivity index (χ2n) is 6.32. The van der Waals surface area contributed by atoms with E-state index in [0.29, 0.717) is 23.0 Å². The number of amides is 1. The molecule has 1 aromatic carbocycles. The van der Waals surface area contributed by atoms with Gasteiger partial charge in [0.2, 0.25) is 10.0 Å². The summed E-state index contributed by atoms with van der Waals surface area (Å²) in [7, 11) is -1.98. The molecule has 1 aliphatic carbocycles. The number of carbonyl (C=O) groups is 1. The van der Waals surface area contributed by atoms with E-state index in [2.05, 4.69) is 10.3 Å². The average Bonchev–Trinajstić information content (AvgIpc) is 3.38. The molecule has 1 saturated carbocycles. The molecule has 3 rings (SSSR count). The number of pyridine rings is 1. The summed E-state index contributed by atoms with van der Waals surface area (Å²) in [5.74, 6) is -0.198. The summed E-state index contributed by atoms with van der Waals surface area (Å²) >= 11 is 5.93. The van der Waals surface area contributed by atoms with Gasteiger partial charge in [-0.25, -0.2) is 13.4 Å². The molecule has 7 nitrogen and oxygen atoms in total. The summed E-state index contributed by atoms with van der Waals surface area (Å²) in [5, 5.41) is 3.26. The number of nitrogens with zero attached hydrogens (tertiary/aromatic N) is 2. The number of nitrogens with two attached hydrogens (primary N) is 1. The van der Waals surface area contributed by atoms with E-state index >= 15 is 0 Å². The number of benzene rings is 1. The highest BCUT2D eigenvalue weighted by Crippen LogP contribution is 2.43. The van der Waals surface area contributed by atoms with Crippen LogP contribution in [0.3, 0.4) is 0 Å². The lowest BCUT2D eigenvalue weighted by Gasteiger charge is -2.22. The van der Waals surface area contributed by atoms with Crippen LogP contribution in [0.15, 0.2) is 30.5 Å². The van der Waals surface area contributed by atoms with Gasteiger partial charge in [0.05, 0.1) is 28.9 Å². The topological polar surface area (TPSA) is 105 Å². The number of rotatable bonds is 6. The molecule has 138 valence electrons. The molecule has 2 aromatic rings. The third-order valence-electron chi connectivity index (χ3n) is 4.31. The first-order chi connectivity index (χ1) is 12.2. The molecule has 9 heteroatoms. The van der Waals surface area contributed by atoms with Gasteiger partial charge in [0.15, 0.2) is 0 Å². The Morgan fingerprint density at radius 3 is 2.58 bits per heavy atom. The third kappa shape index (κ3) is 3.91. The monoisotopic (exact) mass is 394 g/mol. The van der Waals surface area contributed by atoms with E-state index in [0.717, 1.165) is 24.7 Å². The fourth-order valence-corrected chi connectivity index (χ4v) is 3.31. The molecule has 0 spiro atoms. The maximum absolute atomic E-state index is 12.1. The lowest BCUT2D eigenvalue weighted by molar-refractivity contribution is 0.100. The van der Waals surface area contributed by atoms with Gasteiger partial charge in [0.25, 0.3) is 5.91 Å². The predicted molar refractivity (Wildman–Crippen MR) is 103 cm³/mol. The van der Waals surface area contributed by atoms with E-state index in [9.17, 15) is 13.2 Å². The molecule has 0 atom stereocenters. The minimum Gasteiger partial charge on any atom is -0.365 e. The van der Waals surface area contributed by atoms with Crippen LogP contribution in [0.25, 0.3) is 0 Å². The number of aromatic nitrogens is 1. The van der Waals surface area contributed by atoms with Gasteiger partial charge >= 0.3 is 0 Å². The zero-order valence-corrected chi connectivity index (χ0v) is 15.9. The molecule has 0 aliphatic heterocycles. The normalized spacial score (nSPS) is 14.1. The molecule has 1 heterocycles. The Morgan fingerprint density at radius 2 is 2.00 bits per heavy atom. The van der Waals surface area contributed by atoms with Crippen molar-refractivity contribution in [1.29, 1.82) is 0 Å². The van der Waals surface area contributed by atoms with Crippen molar-refractivity contribution in [3.05, 3.63) is 46.7 Å². The van der Waals surface area contributed by atoms with Crippen LogP contribution in [0.5, 0.6) is 0 Å². The summed E-state index contributed by atoms with van der Waals surface area (Å²) in [6, 6.07) is 7.07. The van der Waals surface area contributed by atoms with Crippen LogP contribution < -0.4 is 15.4 Å². The van der Waals surface area contributed by atoms with Gasteiger partial charge < -0.3 is 11.1 Å². The van der Waals surface area contributed by atoms with Crippen molar-refractivity contribution in [2.45, 2.75) is 18.8 Å². The van der Waals surface area contributed by atoms with Gasteiger partial charge in [-0.05, 0) is 42.5 Å². The quantitative estimate of drug-likeness (QED) is 0.733. The maximum atomic E-state index is 12.1. The first kappa shape index (κ1) is 18.5. The Labute approximate surface area is 157 Å². The highest BCUT2D eigenvalue weighted by Gasteiger charge is 2.26. The van der Waals surface area contributed by atoms with Gasteiger partial charge in [-0.1, -0.05) is 17.7 Å². The van der Waals surface area contributed by atoms with Crippen molar-refractivity contribution in [3.63, 3.8) is 0 Å². The van der Waals surface area contributed by atoms with E-state index < -0.39 is 15.9 Å². The van der Waals surface area contributed by atoms with Gasteiger partial charge in [-0.3, -0.25) is 9.10 Å². The third-order valence-corrected chi connectivity index (χ3v) is 5.71. The number of nitrogens with one attached hydrogen (secondary N) is 1. The molecule has 0 radical (unpaired) electrons. The van der Waals surface area contributed by atoms with Gasteiger partial charge in [0.1, 0.15) is 5.15 Å². The fraction of sp³-hybridized carbons (Fsp3) is 0.294. The Bertz CT molecular complexity index is 974. The van der Waals surface area contributed by atoms with Crippen molar-refractivity contribution in [1.82, 2.24) is 4.98 Å². The van der Waals surface area contributed by atoms with Gasteiger partial charge in [-0.2, -0.15) is 0 Å². The molecular formula is C17H19ClN4O3S. The molecule has 1 aliphatic rings. The fourth-order valence-electron chi connectivity index (χ4n) is 2.64. The Kier molecular flexibility index (Phi) is 4.81. The van der Waals surface area contributed by atoms with E-state index in [1.54, 1.807) is 6.07 Å². The number of halogens is 1. The number of primary amides is 1. The van der Waals surface area contributed by atoms with Crippen molar-refractivity contribution < 1.29 is 13.2 Å². The lowest BCUT2D eigenvalue weighted by Crippen LogP contribution is -2.26. The molecule has 0 unspecified atom stereocenters. The standard InChI is InChI=1S/C17H19ClN4O3S/c1-22(26(2,24)25)15-7-11(10-3-4-10)5-6-13(15)21-14-8-16(18)20-9-12(14)17(19)23/h5-10H,3-4H2,1-2H3,(H2,19,23)(H,20,21). The number of carbonyl (C=O) groups excluding carboxylic acids is 1. The van der Waals surface area contributed by atoms with Crippen LogP contribution in [0.1, 0.15) is 34.7 Å². The van der Waals surface area contributed by atoms with Crippen LogP contribution >= 0.6 is 11.6 Å². The molecule has 0 saturated heterocycles. The number of hydrogen-bond acceptors (Lipinski definition) is 5. The average molecular weight is 395 g/mol. The SMILES string of the molecule is CN(c1cc(C2CC2)ccc1Nc1cc(Cl)ncc1C(N)=O)S(C)(=O)=O. The van der Waals surface area contributed by atoms with Crippen LogP contribution in [0.4, 0.5) is 17.1 Å². The van der Waals surface area contributed by atoms with Crippen molar-refractivity contribution in [3.8, 4) is 0 Å². The zero-order valence-electron chi connectivity index (χ0n) is 14.4. The largest absolute Gasteiger partial charge is 0.365 e. The van der Waals surface area contributed by atoms with Crippen LogP contribution in [-0.4, -0.2) is 32.6 Å². The highest BCUT2D eigenvalue weighted by molar-refractivity contribution is 7.92. The molecule has 1 fully saturated rings. The molecule has 0 bridgehead atoms. The highest BCUT2D eigenvalue weighted by atomic mass is 35.5. The minimum atomic E-state index is -3.46. The van der Waals surface area contributed by atoms with E-state index in [1.807, 2.05) is 12.1 Å². The van der Waals surface area contributed by atoms with E-state index in [1.165, 1.54) is 23.6 Å². The Hall–Kier alpha value is -2.32. The van der Waals surface area contributed by atoms with Gasteiger partial charge in [0, 0.05) is 13.2 Å². The van der Waals surface area contributed by atoms with Crippen LogP contribution in [0, 0.1) is 0 Å². The molecule has 26 heavy (non-hydrogen) atoms. The number of sulfonamides is 1. The van der Waals surface area contributed by atoms with Gasteiger partial charge in [-0.15, -0.1) is 0 Å². The van der Waals surface area contributed by atoms with Crippen molar-refractivity contribution >= 4 is 44.6 Å². The predicted octanol–water partition coefficient (Wildman–Crippen LogP) is 2.85. The van der Waals surface area contributed by atoms with Crippen LogP contribution in [-0.2, 0) is 10.0 Å². The second-order valence-corrected chi connectivity index (χ2v) is 8.72. The smallest absolute Gasteiger partial charge is 0.252 e. The summed E-state index contributed by atoms with van der Waals surface area (Å²) in [6.45, 7) is 0. The molecular weight excluding hydrogens is 376 g/mol. The first-order valence-corrected chi connectivity index (χ1v) is 10.2. The molecule has 3 N–H and O–H groups in total. The van der Waals surface area contributed by atoms with Crippen molar-refractivity contribution in [2.24, 2.45) is 5.73 Å². The Balaban J connectivity index is 2.08. The first-order valence-electron chi connectivity index (χ1n) is 7.97. The number of anilines is 3. The van der Waals surface area contributed by atoms with Crippen LogP contribution in [0.2, 0.25) is 5.15 Å². The summed E-state index contributed by atoms with van der Waals surface area (Å²) in [4.78, 5) is 15.5. The van der Waals surface area contributed by atoms with E-state index in [4.69, 9.17) is 17.3 Å².